The van der Waals surface area contributed by atoms with Gasteiger partial charge in [0, 0.05) is 13.0 Å². The number of sulfonamides is 1. The summed E-state index contributed by atoms with van der Waals surface area (Å²) >= 11 is 0.791. The molecule has 0 spiro atoms. The molecule has 0 aliphatic carbocycles. The van der Waals surface area contributed by atoms with Crippen molar-refractivity contribution in [1.82, 2.24) is 4.72 Å². The van der Waals surface area contributed by atoms with Gasteiger partial charge in [-0.15, -0.1) is 11.3 Å². The van der Waals surface area contributed by atoms with E-state index in [9.17, 15) is 26.4 Å². The summed E-state index contributed by atoms with van der Waals surface area (Å²) in [7, 11) is -4.04. The Labute approximate surface area is 123 Å². The molecular weight excluding hydrogens is 331 g/mol. The molecule has 0 aliphatic heterocycles. The van der Waals surface area contributed by atoms with Crippen LogP contribution in [0.25, 0.3) is 0 Å². The van der Waals surface area contributed by atoms with Crippen LogP contribution in [0.15, 0.2) is 10.3 Å². The lowest BCUT2D eigenvalue weighted by atomic mass is 10.2. The lowest BCUT2D eigenvalue weighted by molar-refractivity contribution is -0.135. The van der Waals surface area contributed by atoms with Gasteiger partial charge in [-0.1, -0.05) is 0 Å². The Balaban J connectivity index is 2.67. The van der Waals surface area contributed by atoms with Gasteiger partial charge in [-0.2, -0.15) is 13.2 Å². The average molecular weight is 345 g/mol. The Morgan fingerprint density at radius 3 is 2.52 bits per heavy atom. The zero-order valence-corrected chi connectivity index (χ0v) is 12.7. The molecule has 120 valence electrons. The molecule has 1 heterocycles. The van der Waals surface area contributed by atoms with Crippen LogP contribution in [0.4, 0.5) is 13.2 Å². The molecule has 0 fully saturated rings. The summed E-state index contributed by atoms with van der Waals surface area (Å²) in [5.41, 5.74) is 0.292. The first-order chi connectivity index (χ1) is 9.54. The smallest absolute Gasteiger partial charge is 0.389 e. The summed E-state index contributed by atoms with van der Waals surface area (Å²) in [6.45, 7) is 1.29. The largest absolute Gasteiger partial charge is 0.477 e. The van der Waals surface area contributed by atoms with Crippen molar-refractivity contribution < 1.29 is 31.5 Å². The van der Waals surface area contributed by atoms with E-state index in [-0.39, 0.29) is 29.2 Å². The van der Waals surface area contributed by atoms with E-state index < -0.39 is 28.6 Å². The van der Waals surface area contributed by atoms with Gasteiger partial charge in [-0.05, 0) is 30.7 Å². The Morgan fingerprint density at radius 1 is 1.38 bits per heavy atom. The number of rotatable bonds is 7. The van der Waals surface area contributed by atoms with Gasteiger partial charge in [-0.25, -0.2) is 17.9 Å². The highest BCUT2D eigenvalue weighted by Gasteiger charge is 2.27. The second kappa shape index (κ2) is 6.75. The van der Waals surface area contributed by atoms with Crippen LogP contribution >= 0.6 is 11.3 Å². The maximum atomic E-state index is 12.0. The van der Waals surface area contributed by atoms with Crippen molar-refractivity contribution in [3.05, 3.63) is 15.8 Å². The van der Waals surface area contributed by atoms with Crippen molar-refractivity contribution in [3.63, 3.8) is 0 Å². The maximum Gasteiger partial charge on any atom is 0.389 e. The van der Waals surface area contributed by atoms with E-state index >= 15 is 0 Å². The van der Waals surface area contributed by atoms with Crippen LogP contribution < -0.4 is 4.72 Å². The quantitative estimate of drug-likeness (QED) is 0.745. The van der Waals surface area contributed by atoms with E-state index in [1.165, 1.54) is 12.3 Å². The topological polar surface area (TPSA) is 83.5 Å². The predicted octanol–water partition coefficient (Wildman–Crippen LogP) is 2.77. The van der Waals surface area contributed by atoms with Gasteiger partial charge in [-0.3, -0.25) is 0 Å². The lowest BCUT2D eigenvalue weighted by Crippen LogP contribution is -2.26. The van der Waals surface area contributed by atoms with Crippen LogP contribution in [-0.4, -0.2) is 32.2 Å². The molecule has 2 N–H and O–H groups in total. The second-order valence-corrected chi connectivity index (χ2v) is 6.94. The molecule has 5 nitrogen and oxygen atoms in total. The number of carbonyl (C=O) groups is 1. The molecule has 21 heavy (non-hydrogen) atoms. The third kappa shape index (κ3) is 5.29. The average Bonchev–Trinajstić information content (AvgIpc) is 2.70. The summed E-state index contributed by atoms with van der Waals surface area (Å²) in [5, 5.41) is 10.3. The van der Waals surface area contributed by atoms with E-state index in [4.69, 9.17) is 5.11 Å². The van der Waals surface area contributed by atoms with Gasteiger partial charge < -0.3 is 5.11 Å². The minimum Gasteiger partial charge on any atom is -0.477 e. The molecule has 0 saturated heterocycles. The number of thiophene rings is 1. The third-order valence-corrected chi connectivity index (χ3v) is 5.42. The highest BCUT2D eigenvalue weighted by atomic mass is 32.2. The van der Waals surface area contributed by atoms with Gasteiger partial charge in [0.25, 0.3) is 0 Å². The summed E-state index contributed by atoms with van der Waals surface area (Å²) in [6.07, 6.45) is -5.42. The first-order valence-corrected chi connectivity index (χ1v) is 8.28. The van der Waals surface area contributed by atoms with Crippen LogP contribution in [0.2, 0.25) is 0 Å². The standard InChI is InChI=1S/C11H14F3NO4S2/c1-7-6-20-8(10(16)17)9(7)21(18,19)15-5-3-2-4-11(12,13)14/h6,15H,2-5H2,1H3,(H,16,17). The highest BCUT2D eigenvalue weighted by Crippen LogP contribution is 2.27. The predicted molar refractivity (Wildman–Crippen MR) is 71.1 cm³/mol. The van der Waals surface area contributed by atoms with Gasteiger partial charge >= 0.3 is 12.1 Å². The molecule has 0 saturated carbocycles. The first kappa shape index (κ1) is 17.9. The molecular formula is C11H14F3NO4S2. The van der Waals surface area contributed by atoms with E-state index in [1.807, 2.05) is 0 Å². The summed E-state index contributed by atoms with van der Waals surface area (Å²) in [5.74, 6) is -1.36. The summed E-state index contributed by atoms with van der Waals surface area (Å²) < 4.78 is 61.9. The fourth-order valence-corrected chi connectivity index (χ4v) is 4.35. The summed E-state index contributed by atoms with van der Waals surface area (Å²) in [4.78, 5) is 10.3. The zero-order valence-electron chi connectivity index (χ0n) is 11.0. The Kier molecular flexibility index (Phi) is 5.76. The molecule has 0 atom stereocenters. The van der Waals surface area contributed by atoms with Crippen LogP contribution in [0.5, 0.6) is 0 Å². The fourth-order valence-electron chi connectivity index (χ4n) is 1.64. The SMILES string of the molecule is Cc1csc(C(=O)O)c1S(=O)(=O)NCCCCC(F)(F)F. The number of hydrogen-bond donors (Lipinski definition) is 2. The van der Waals surface area contributed by atoms with Crippen molar-refractivity contribution in [2.45, 2.75) is 37.3 Å². The minimum atomic E-state index is -4.26. The van der Waals surface area contributed by atoms with E-state index in [1.54, 1.807) is 0 Å². The number of unbranched alkanes of at least 4 members (excludes halogenated alkanes) is 1. The van der Waals surface area contributed by atoms with Crippen molar-refractivity contribution in [1.29, 1.82) is 0 Å². The van der Waals surface area contributed by atoms with Gasteiger partial charge in [0.05, 0.1) is 0 Å². The van der Waals surface area contributed by atoms with E-state index in [2.05, 4.69) is 4.72 Å². The number of hydrogen-bond acceptors (Lipinski definition) is 4. The molecule has 0 bridgehead atoms. The van der Waals surface area contributed by atoms with Crippen LogP contribution in [0, 0.1) is 6.92 Å². The van der Waals surface area contributed by atoms with Crippen molar-refractivity contribution in [3.8, 4) is 0 Å². The number of carboxylic acids is 1. The molecule has 0 unspecified atom stereocenters. The molecule has 0 aromatic carbocycles. The van der Waals surface area contributed by atoms with Gasteiger partial charge in [0.15, 0.2) is 0 Å². The molecule has 0 aliphatic rings. The highest BCUT2D eigenvalue weighted by molar-refractivity contribution is 7.89. The van der Waals surface area contributed by atoms with E-state index in [0.717, 1.165) is 11.3 Å². The number of aromatic carboxylic acids is 1. The number of halogens is 3. The number of nitrogens with one attached hydrogen (secondary N) is 1. The van der Waals surface area contributed by atoms with Crippen LogP contribution in [0.3, 0.4) is 0 Å². The third-order valence-electron chi connectivity index (χ3n) is 2.56. The summed E-state index contributed by atoms with van der Waals surface area (Å²) in [6, 6.07) is 0. The normalized spacial score (nSPS) is 12.6. The molecule has 0 radical (unpaired) electrons. The Morgan fingerprint density at radius 2 is 2.00 bits per heavy atom. The van der Waals surface area contributed by atoms with Crippen LogP contribution in [0.1, 0.15) is 34.5 Å². The van der Waals surface area contributed by atoms with Crippen LogP contribution in [-0.2, 0) is 10.0 Å². The monoisotopic (exact) mass is 345 g/mol. The molecule has 0 amide bonds. The zero-order chi connectivity index (χ0) is 16.3. The fraction of sp³-hybridized carbons (Fsp3) is 0.545. The second-order valence-electron chi connectivity index (χ2n) is 4.35. The maximum absolute atomic E-state index is 12.0. The molecule has 1 rings (SSSR count). The molecule has 1 aromatic heterocycles. The minimum absolute atomic E-state index is 0.0182. The van der Waals surface area contributed by atoms with Crippen molar-refractivity contribution in [2.75, 3.05) is 6.54 Å². The van der Waals surface area contributed by atoms with Gasteiger partial charge in [0.2, 0.25) is 10.0 Å². The number of aryl methyl sites for hydroxylation is 1. The number of carboxylic acid groups (broad SMARTS) is 1. The van der Waals surface area contributed by atoms with Crippen molar-refractivity contribution >= 4 is 27.3 Å². The van der Waals surface area contributed by atoms with Gasteiger partial charge in [0.1, 0.15) is 9.77 Å². The number of alkyl halides is 3. The van der Waals surface area contributed by atoms with E-state index in [0.29, 0.717) is 5.56 Å². The Hall–Kier alpha value is -1.13. The molecule has 1 aromatic rings. The lowest BCUT2D eigenvalue weighted by Gasteiger charge is -2.08. The first-order valence-electron chi connectivity index (χ1n) is 5.92. The Bertz CT molecular complexity index is 607. The molecule has 10 heteroatoms. The van der Waals surface area contributed by atoms with Crippen molar-refractivity contribution in [2.24, 2.45) is 0 Å².